The quantitative estimate of drug-likeness (QED) is 0.819. The predicted molar refractivity (Wildman–Crippen MR) is 95.2 cm³/mol. The van der Waals surface area contributed by atoms with Crippen molar-refractivity contribution >= 4 is 5.91 Å². The monoisotopic (exact) mass is 342 g/mol. The van der Waals surface area contributed by atoms with Crippen LogP contribution in [0.2, 0.25) is 0 Å². The van der Waals surface area contributed by atoms with Crippen molar-refractivity contribution < 1.29 is 9.53 Å². The summed E-state index contributed by atoms with van der Waals surface area (Å²) in [5.41, 5.74) is 0.957. The molecule has 25 heavy (non-hydrogen) atoms. The van der Waals surface area contributed by atoms with E-state index in [9.17, 15) is 4.79 Å². The van der Waals surface area contributed by atoms with Gasteiger partial charge >= 0.3 is 0 Å². The zero-order valence-corrected chi connectivity index (χ0v) is 14.7. The number of carbonyl (C=O) groups is 1. The zero-order valence-electron chi connectivity index (χ0n) is 14.7. The van der Waals surface area contributed by atoms with E-state index in [2.05, 4.69) is 15.3 Å². The zero-order chi connectivity index (χ0) is 17.5. The largest absolute Gasteiger partial charge is 0.365 e. The lowest BCUT2D eigenvalue weighted by Crippen LogP contribution is -2.36. The van der Waals surface area contributed by atoms with Crippen LogP contribution in [0.5, 0.6) is 0 Å². The van der Waals surface area contributed by atoms with Crippen LogP contribution in [0.25, 0.3) is 5.82 Å². The Morgan fingerprint density at radius 1 is 1.32 bits per heavy atom. The molecule has 0 saturated heterocycles. The van der Waals surface area contributed by atoms with E-state index in [0.29, 0.717) is 6.54 Å². The van der Waals surface area contributed by atoms with Crippen LogP contribution >= 0.6 is 0 Å². The van der Waals surface area contributed by atoms with E-state index >= 15 is 0 Å². The number of ether oxygens (including phenoxy) is 1. The lowest BCUT2D eigenvalue weighted by atomic mass is 10.1. The molecule has 3 rings (SSSR count). The number of aromatic nitrogens is 3. The third-order valence-corrected chi connectivity index (χ3v) is 4.61. The van der Waals surface area contributed by atoms with E-state index in [1.54, 1.807) is 18.7 Å². The Labute approximate surface area is 148 Å². The van der Waals surface area contributed by atoms with Crippen molar-refractivity contribution in [2.45, 2.75) is 64.2 Å². The van der Waals surface area contributed by atoms with Gasteiger partial charge in [-0.3, -0.25) is 9.36 Å². The molecular weight excluding hydrogens is 316 g/mol. The fourth-order valence-corrected chi connectivity index (χ4v) is 3.13. The molecule has 134 valence electrons. The Morgan fingerprint density at radius 2 is 2.12 bits per heavy atom. The van der Waals surface area contributed by atoms with Gasteiger partial charge < -0.3 is 10.1 Å². The average Bonchev–Trinajstić information content (AvgIpc) is 3.05. The van der Waals surface area contributed by atoms with E-state index in [1.807, 2.05) is 29.8 Å². The molecule has 1 fully saturated rings. The lowest BCUT2D eigenvalue weighted by molar-refractivity contribution is -0.136. The topological polar surface area (TPSA) is 69.0 Å². The van der Waals surface area contributed by atoms with Gasteiger partial charge in [-0.25, -0.2) is 9.97 Å². The summed E-state index contributed by atoms with van der Waals surface area (Å²) in [6.07, 6.45) is 13.9. The molecule has 0 radical (unpaired) electrons. The molecule has 2 heterocycles. The second-order valence-corrected chi connectivity index (χ2v) is 6.60. The molecule has 2 aromatic rings. The second kappa shape index (κ2) is 8.76. The average molecular weight is 342 g/mol. The molecule has 0 unspecified atom stereocenters. The standard InChI is InChI=1S/C19H26N4O2/c1-15(25-17-6-4-2-3-5-7-17)19(24)22-13-16-8-9-18(21-12-16)23-11-10-20-14-23/h8-12,14-15,17H,2-7,13H2,1H3,(H,22,24)/t15-/m1/s1. The van der Waals surface area contributed by atoms with Gasteiger partial charge in [-0.2, -0.15) is 0 Å². The van der Waals surface area contributed by atoms with Crippen LogP contribution in [0.1, 0.15) is 51.0 Å². The molecule has 6 nitrogen and oxygen atoms in total. The first kappa shape index (κ1) is 17.6. The third kappa shape index (κ3) is 5.13. The van der Waals surface area contributed by atoms with Crippen molar-refractivity contribution in [1.29, 1.82) is 0 Å². The van der Waals surface area contributed by atoms with Gasteiger partial charge in [0.2, 0.25) is 5.91 Å². The minimum atomic E-state index is -0.415. The molecule has 0 aromatic carbocycles. The summed E-state index contributed by atoms with van der Waals surface area (Å²) >= 11 is 0. The second-order valence-electron chi connectivity index (χ2n) is 6.60. The summed E-state index contributed by atoms with van der Waals surface area (Å²) in [6, 6.07) is 3.87. The number of pyridine rings is 1. The van der Waals surface area contributed by atoms with Gasteiger partial charge in [-0.1, -0.05) is 31.7 Å². The Balaban J connectivity index is 1.46. The van der Waals surface area contributed by atoms with Gasteiger partial charge in [0.05, 0.1) is 6.10 Å². The minimum Gasteiger partial charge on any atom is -0.365 e. The maximum Gasteiger partial charge on any atom is 0.249 e. The minimum absolute atomic E-state index is 0.0667. The Kier molecular flexibility index (Phi) is 6.17. The maximum atomic E-state index is 12.3. The lowest BCUT2D eigenvalue weighted by Gasteiger charge is -2.20. The molecule has 0 spiro atoms. The van der Waals surface area contributed by atoms with Crippen molar-refractivity contribution in [3.05, 3.63) is 42.6 Å². The number of carbonyl (C=O) groups excluding carboxylic acids is 1. The highest BCUT2D eigenvalue weighted by atomic mass is 16.5. The molecule has 1 aliphatic rings. The number of nitrogens with zero attached hydrogens (tertiary/aromatic N) is 3. The van der Waals surface area contributed by atoms with Crippen LogP contribution in [0.15, 0.2) is 37.1 Å². The van der Waals surface area contributed by atoms with Crippen LogP contribution < -0.4 is 5.32 Å². The highest BCUT2D eigenvalue weighted by Crippen LogP contribution is 2.21. The first-order valence-corrected chi connectivity index (χ1v) is 9.09. The number of amides is 1. The first-order valence-electron chi connectivity index (χ1n) is 9.09. The van der Waals surface area contributed by atoms with Crippen LogP contribution in [0, 0.1) is 0 Å². The van der Waals surface area contributed by atoms with Gasteiger partial charge in [-0.05, 0) is 31.4 Å². The third-order valence-electron chi connectivity index (χ3n) is 4.61. The summed E-state index contributed by atoms with van der Waals surface area (Å²) < 4.78 is 7.79. The Morgan fingerprint density at radius 3 is 2.76 bits per heavy atom. The number of nitrogens with one attached hydrogen (secondary N) is 1. The fraction of sp³-hybridized carbons (Fsp3) is 0.526. The molecule has 6 heteroatoms. The van der Waals surface area contributed by atoms with Gasteiger partial charge in [0, 0.05) is 25.1 Å². The van der Waals surface area contributed by atoms with Crippen LogP contribution in [0.4, 0.5) is 0 Å². The van der Waals surface area contributed by atoms with Crippen molar-refractivity contribution in [2.75, 3.05) is 0 Å². The summed E-state index contributed by atoms with van der Waals surface area (Å²) in [7, 11) is 0. The normalized spacial score (nSPS) is 17.0. The summed E-state index contributed by atoms with van der Waals surface area (Å²) in [4.78, 5) is 20.7. The van der Waals surface area contributed by atoms with Crippen molar-refractivity contribution in [2.24, 2.45) is 0 Å². The fourth-order valence-electron chi connectivity index (χ4n) is 3.13. The summed E-state index contributed by atoms with van der Waals surface area (Å²) in [6.45, 7) is 2.29. The van der Waals surface area contributed by atoms with Crippen LogP contribution in [-0.2, 0) is 16.1 Å². The van der Waals surface area contributed by atoms with Crippen LogP contribution in [-0.4, -0.2) is 32.7 Å². The maximum absolute atomic E-state index is 12.3. The Bertz CT molecular complexity index is 647. The van der Waals surface area contributed by atoms with Gasteiger partial charge in [0.1, 0.15) is 18.2 Å². The SMILES string of the molecule is C[C@@H](OC1CCCCCC1)C(=O)NCc1ccc(-n2ccnc2)nc1. The molecule has 2 aromatic heterocycles. The van der Waals surface area contributed by atoms with Crippen molar-refractivity contribution in [3.63, 3.8) is 0 Å². The Hall–Kier alpha value is -2.21. The molecule has 1 atom stereocenters. The molecule has 1 N–H and O–H groups in total. The van der Waals surface area contributed by atoms with Gasteiger partial charge in [0.25, 0.3) is 0 Å². The highest BCUT2D eigenvalue weighted by Gasteiger charge is 2.20. The van der Waals surface area contributed by atoms with Crippen LogP contribution in [0.3, 0.4) is 0 Å². The smallest absolute Gasteiger partial charge is 0.249 e. The van der Waals surface area contributed by atoms with Gasteiger partial charge in [-0.15, -0.1) is 0 Å². The number of hydrogen-bond donors (Lipinski definition) is 1. The van der Waals surface area contributed by atoms with E-state index in [1.165, 1.54) is 25.7 Å². The van der Waals surface area contributed by atoms with Crippen molar-refractivity contribution in [3.8, 4) is 5.82 Å². The number of rotatable bonds is 6. The van der Waals surface area contributed by atoms with E-state index in [0.717, 1.165) is 24.2 Å². The molecule has 1 saturated carbocycles. The molecule has 0 aliphatic heterocycles. The summed E-state index contributed by atoms with van der Waals surface area (Å²) in [5.74, 6) is 0.737. The molecule has 1 aliphatic carbocycles. The molecule has 1 amide bonds. The highest BCUT2D eigenvalue weighted by molar-refractivity contribution is 5.80. The predicted octanol–water partition coefficient (Wildman–Crippen LogP) is 3.01. The molecule has 0 bridgehead atoms. The summed E-state index contributed by atoms with van der Waals surface area (Å²) in [5, 5.41) is 2.94. The number of imidazole rings is 1. The van der Waals surface area contributed by atoms with Crippen molar-refractivity contribution in [1.82, 2.24) is 19.9 Å². The first-order chi connectivity index (χ1) is 12.2. The van der Waals surface area contributed by atoms with Gasteiger partial charge in [0.15, 0.2) is 0 Å². The van der Waals surface area contributed by atoms with E-state index in [-0.39, 0.29) is 12.0 Å². The molecular formula is C19H26N4O2. The number of hydrogen-bond acceptors (Lipinski definition) is 4. The van der Waals surface area contributed by atoms with E-state index < -0.39 is 6.10 Å². The van der Waals surface area contributed by atoms with E-state index in [4.69, 9.17) is 4.74 Å².